The summed E-state index contributed by atoms with van der Waals surface area (Å²) >= 11 is 5.89. The minimum atomic E-state index is -1.02. The molecule has 0 bridgehead atoms. The van der Waals surface area contributed by atoms with Crippen molar-refractivity contribution < 1.29 is 24.2 Å². The van der Waals surface area contributed by atoms with Crippen molar-refractivity contribution in [1.29, 1.82) is 0 Å². The lowest BCUT2D eigenvalue weighted by atomic mass is 10.00. The molecular weight excluding hydrogens is 552 g/mol. The van der Waals surface area contributed by atoms with Gasteiger partial charge >= 0.3 is 5.97 Å². The molecule has 7 nitrogen and oxygen atoms in total. The van der Waals surface area contributed by atoms with Gasteiger partial charge in [-0.1, -0.05) is 78.3 Å². The third-order valence-corrected chi connectivity index (χ3v) is 6.92. The molecule has 4 aromatic rings. The fourth-order valence-electron chi connectivity index (χ4n) is 4.38. The number of benzene rings is 4. The van der Waals surface area contributed by atoms with Crippen LogP contribution < -0.4 is 15.4 Å². The number of hydrogen-bond acceptors (Lipinski definition) is 5. The molecule has 8 heteroatoms. The first-order valence-electron chi connectivity index (χ1n) is 13.8. The molecule has 0 spiro atoms. The summed E-state index contributed by atoms with van der Waals surface area (Å²) in [5.74, 6) is -0.552. The van der Waals surface area contributed by atoms with Crippen LogP contribution in [0.1, 0.15) is 39.9 Å². The van der Waals surface area contributed by atoms with Gasteiger partial charge in [-0.3, -0.25) is 9.59 Å². The normalized spacial score (nSPS) is 11.4. The van der Waals surface area contributed by atoms with Crippen molar-refractivity contribution in [2.24, 2.45) is 0 Å². The van der Waals surface area contributed by atoms with E-state index in [9.17, 15) is 19.5 Å². The predicted octanol–water partition coefficient (Wildman–Crippen LogP) is 6.20. The summed E-state index contributed by atoms with van der Waals surface area (Å²) in [5, 5.41) is 16.5. The molecule has 1 atom stereocenters. The van der Waals surface area contributed by atoms with E-state index in [4.69, 9.17) is 16.3 Å². The molecule has 0 heterocycles. The molecule has 4 rings (SSSR count). The fraction of sp³-hybridized carbons (Fsp3) is 0.206. The van der Waals surface area contributed by atoms with E-state index >= 15 is 0 Å². The summed E-state index contributed by atoms with van der Waals surface area (Å²) in [6.07, 6.45) is 1.93. The number of nitrogens with one attached hydrogen (secondary N) is 2. The van der Waals surface area contributed by atoms with Crippen molar-refractivity contribution >= 4 is 34.9 Å². The molecule has 0 saturated carbocycles. The van der Waals surface area contributed by atoms with Crippen LogP contribution in [0.5, 0.6) is 5.75 Å². The molecule has 0 aromatic heterocycles. The molecule has 0 saturated heterocycles. The van der Waals surface area contributed by atoms with Crippen LogP contribution in [-0.2, 0) is 22.4 Å². The summed E-state index contributed by atoms with van der Waals surface area (Å²) in [7, 11) is 0. The predicted molar refractivity (Wildman–Crippen MR) is 164 cm³/mol. The number of amides is 1. The van der Waals surface area contributed by atoms with Crippen molar-refractivity contribution in [1.82, 2.24) is 5.32 Å². The number of ketones is 1. The van der Waals surface area contributed by atoms with Gasteiger partial charge in [-0.15, -0.1) is 0 Å². The number of aliphatic carboxylic acids is 1. The molecule has 1 amide bonds. The average Bonchev–Trinajstić information content (AvgIpc) is 3.01. The van der Waals surface area contributed by atoms with Gasteiger partial charge in [-0.05, 0) is 60.4 Å². The number of carboxylic acids is 1. The summed E-state index contributed by atoms with van der Waals surface area (Å²) in [4.78, 5) is 37.2. The van der Waals surface area contributed by atoms with Gasteiger partial charge in [0.2, 0.25) is 5.91 Å². The van der Waals surface area contributed by atoms with Crippen molar-refractivity contribution in [3.8, 4) is 5.75 Å². The van der Waals surface area contributed by atoms with E-state index in [1.807, 2.05) is 42.5 Å². The Kier molecular flexibility index (Phi) is 11.1. The first-order valence-corrected chi connectivity index (χ1v) is 14.2. The summed E-state index contributed by atoms with van der Waals surface area (Å²) < 4.78 is 5.78. The molecule has 216 valence electrons. The van der Waals surface area contributed by atoms with Crippen molar-refractivity contribution in [3.05, 3.63) is 130 Å². The highest BCUT2D eigenvalue weighted by Crippen LogP contribution is 2.22. The zero-order valence-corrected chi connectivity index (χ0v) is 23.8. The molecule has 4 aromatic carbocycles. The molecule has 0 radical (unpaired) electrons. The van der Waals surface area contributed by atoms with E-state index in [1.54, 1.807) is 60.7 Å². The Morgan fingerprint density at radius 3 is 2.19 bits per heavy atom. The van der Waals surface area contributed by atoms with E-state index in [1.165, 1.54) is 0 Å². The van der Waals surface area contributed by atoms with Crippen molar-refractivity contribution in [3.63, 3.8) is 0 Å². The lowest BCUT2D eigenvalue weighted by Gasteiger charge is -2.18. The van der Waals surface area contributed by atoms with Crippen LogP contribution in [0.3, 0.4) is 0 Å². The smallest absolute Gasteiger partial charge is 0.326 e. The zero-order valence-electron chi connectivity index (χ0n) is 23.1. The van der Waals surface area contributed by atoms with Crippen LogP contribution in [0.25, 0.3) is 0 Å². The van der Waals surface area contributed by atoms with Crippen LogP contribution >= 0.6 is 11.6 Å². The van der Waals surface area contributed by atoms with Gasteiger partial charge in [0.05, 0.1) is 6.61 Å². The SMILES string of the molecule is O=C(CCc1ccc(Cl)cc1)NCCCOc1ccc(CC(Nc2ccccc2C(=O)c2ccccc2)C(=O)O)cc1. The largest absolute Gasteiger partial charge is 0.494 e. The fourth-order valence-corrected chi connectivity index (χ4v) is 4.51. The third-order valence-electron chi connectivity index (χ3n) is 6.66. The number of anilines is 1. The van der Waals surface area contributed by atoms with Gasteiger partial charge in [0.15, 0.2) is 5.78 Å². The number of hydrogen-bond donors (Lipinski definition) is 3. The van der Waals surface area contributed by atoms with Crippen LogP contribution in [-0.4, -0.2) is 42.0 Å². The molecule has 3 N–H and O–H groups in total. The number of carboxylic acid groups (broad SMARTS) is 1. The summed E-state index contributed by atoms with van der Waals surface area (Å²) in [5.41, 5.74) is 3.29. The van der Waals surface area contributed by atoms with Gasteiger partial charge in [0, 0.05) is 41.2 Å². The molecular formula is C34H33ClN2O5. The number of halogens is 1. The minimum absolute atomic E-state index is 0.0112. The quantitative estimate of drug-likeness (QED) is 0.114. The second-order valence-electron chi connectivity index (χ2n) is 9.80. The highest BCUT2D eigenvalue weighted by molar-refractivity contribution is 6.30. The Labute approximate surface area is 250 Å². The van der Waals surface area contributed by atoms with E-state index < -0.39 is 12.0 Å². The zero-order chi connectivity index (χ0) is 29.7. The Balaban J connectivity index is 1.23. The number of carbonyl (C=O) groups is 3. The van der Waals surface area contributed by atoms with Gasteiger partial charge in [-0.25, -0.2) is 4.79 Å². The molecule has 0 aliphatic heterocycles. The lowest BCUT2D eigenvalue weighted by Crippen LogP contribution is -2.32. The maximum Gasteiger partial charge on any atom is 0.326 e. The number of para-hydroxylation sites is 1. The van der Waals surface area contributed by atoms with E-state index in [2.05, 4.69) is 10.6 Å². The van der Waals surface area contributed by atoms with Gasteiger partial charge in [-0.2, -0.15) is 0 Å². The van der Waals surface area contributed by atoms with Crippen LogP contribution in [0.2, 0.25) is 5.02 Å². The maximum atomic E-state index is 13.0. The maximum absolute atomic E-state index is 13.0. The Morgan fingerprint density at radius 1 is 0.810 bits per heavy atom. The Morgan fingerprint density at radius 2 is 1.48 bits per heavy atom. The van der Waals surface area contributed by atoms with Gasteiger partial charge in [0.25, 0.3) is 0 Å². The van der Waals surface area contributed by atoms with Crippen LogP contribution in [0.15, 0.2) is 103 Å². The molecule has 0 aliphatic carbocycles. The highest BCUT2D eigenvalue weighted by atomic mass is 35.5. The Bertz CT molecular complexity index is 1470. The van der Waals surface area contributed by atoms with Crippen LogP contribution in [0.4, 0.5) is 5.69 Å². The monoisotopic (exact) mass is 584 g/mol. The van der Waals surface area contributed by atoms with Gasteiger partial charge in [0.1, 0.15) is 11.8 Å². The topological polar surface area (TPSA) is 105 Å². The minimum Gasteiger partial charge on any atom is -0.494 e. The second kappa shape index (κ2) is 15.4. The number of aryl methyl sites for hydroxylation is 1. The number of carbonyl (C=O) groups excluding carboxylic acids is 2. The first kappa shape index (κ1) is 30.3. The van der Waals surface area contributed by atoms with E-state index in [-0.39, 0.29) is 18.1 Å². The van der Waals surface area contributed by atoms with E-state index in [0.717, 1.165) is 11.1 Å². The standard InChI is InChI=1S/C34H33ClN2O5/c35-27-16-11-24(12-17-27)15-20-32(38)36-21-6-22-42-28-18-13-25(14-19-28)23-31(34(40)41)37-30-10-5-4-9-29(30)33(39)26-7-2-1-3-8-26/h1-5,7-14,16-19,31,37H,6,15,20-23H2,(H,36,38)(H,40,41). The molecule has 0 aliphatic rings. The highest BCUT2D eigenvalue weighted by Gasteiger charge is 2.21. The molecule has 1 unspecified atom stereocenters. The second-order valence-corrected chi connectivity index (χ2v) is 10.2. The molecule has 42 heavy (non-hydrogen) atoms. The van der Waals surface area contributed by atoms with Crippen LogP contribution in [0, 0.1) is 0 Å². The Hall–Kier alpha value is -4.62. The lowest BCUT2D eigenvalue weighted by molar-refractivity contribution is -0.137. The summed E-state index contributed by atoms with van der Waals surface area (Å²) in [6, 6.07) is 29.6. The third kappa shape index (κ3) is 9.21. The van der Waals surface area contributed by atoms with E-state index in [0.29, 0.717) is 60.0 Å². The van der Waals surface area contributed by atoms with Crippen molar-refractivity contribution in [2.75, 3.05) is 18.5 Å². The number of ether oxygens (including phenoxy) is 1. The summed E-state index contributed by atoms with van der Waals surface area (Å²) in [6.45, 7) is 0.945. The first-order chi connectivity index (χ1) is 20.4. The van der Waals surface area contributed by atoms with Crippen molar-refractivity contribution in [2.45, 2.75) is 31.7 Å². The van der Waals surface area contributed by atoms with Gasteiger partial charge < -0.3 is 20.5 Å². The molecule has 0 fully saturated rings. The number of rotatable bonds is 15. The average molecular weight is 585 g/mol.